The summed E-state index contributed by atoms with van der Waals surface area (Å²) in [6.45, 7) is 0. The molecule has 2 aromatic rings. The Bertz CT molecular complexity index is 738. The quantitative estimate of drug-likeness (QED) is 0.536. The van der Waals surface area contributed by atoms with Crippen molar-refractivity contribution in [2.75, 3.05) is 0 Å². The zero-order chi connectivity index (χ0) is 15.6. The lowest BCUT2D eigenvalue weighted by Crippen LogP contribution is -2.15. The van der Waals surface area contributed by atoms with Crippen molar-refractivity contribution < 1.29 is 13.6 Å². The predicted molar refractivity (Wildman–Crippen MR) is 83.2 cm³/mol. The lowest BCUT2D eigenvalue weighted by Gasteiger charge is -2.12. The average molecular weight is 418 g/mol. The van der Waals surface area contributed by atoms with E-state index in [4.69, 9.17) is 11.6 Å². The van der Waals surface area contributed by atoms with Crippen molar-refractivity contribution in [1.82, 2.24) is 0 Å². The summed E-state index contributed by atoms with van der Waals surface area (Å²) in [7, 11) is 0. The number of hydrogen-bond acceptors (Lipinski definition) is 2. The number of ketones is 1. The topological polar surface area (TPSA) is 40.9 Å². The molecule has 0 amide bonds. The molecule has 0 fully saturated rings. The molecule has 0 aliphatic heterocycles. The van der Waals surface area contributed by atoms with Gasteiger partial charge >= 0.3 is 0 Å². The van der Waals surface area contributed by atoms with Crippen molar-refractivity contribution in [3.05, 3.63) is 67.8 Å². The molecule has 1 atom stereocenters. The van der Waals surface area contributed by atoms with Crippen LogP contribution in [0.25, 0.3) is 0 Å². The lowest BCUT2D eigenvalue weighted by atomic mass is 9.91. The van der Waals surface area contributed by atoms with Crippen LogP contribution in [-0.2, 0) is 0 Å². The van der Waals surface area contributed by atoms with E-state index in [-0.39, 0.29) is 16.1 Å². The van der Waals surface area contributed by atoms with Gasteiger partial charge < -0.3 is 0 Å². The fourth-order valence-electron chi connectivity index (χ4n) is 1.89. The van der Waals surface area contributed by atoms with Gasteiger partial charge in [-0.3, -0.25) is 4.79 Å². The van der Waals surface area contributed by atoms with Crippen LogP contribution in [0.3, 0.4) is 0 Å². The summed E-state index contributed by atoms with van der Waals surface area (Å²) < 4.78 is 27.3. The van der Waals surface area contributed by atoms with Gasteiger partial charge in [-0.05, 0) is 52.9 Å². The summed E-state index contributed by atoms with van der Waals surface area (Å²) >= 11 is 7.69. The Labute approximate surface area is 138 Å². The van der Waals surface area contributed by atoms with E-state index >= 15 is 0 Å². The Kier molecular flexibility index (Phi) is 4.91. The van der Waals surface area contributed by atoms with E-state index in [0.29, 0.717) is 3.57 Å². The summed E-state index contributed by atoms with van der Waals surface area (Å²) in [6.07, 6.45) is 0. The summed E-state index contributed by atoms with van der Waals surface area (Å²) in [6, 6.07) is 9.27. The Morgan fingerprint density at radius 3 is 2.57 bits per heavy atom. The number of benzene rings is 2. The van der Waals surface area contributed by atoms with E-state index in [1.165, 1.54) is 24.3 Å². The number of hydrogen-bond donors (Lipinski definition) is 0. The molecule has 0 radical (unpaired) electrons. The minimum atomic E-state index is -1.38. The zero-order valence-electron chi connectivity index (χ0n) is 10.4. The molecule has 1 unspecified atom stereocenters. The van der Waals surface area contributed by atoms with Crippen molar-refractivity contribution in [3.63, 3.8) is 0 Å². The van der Waals surface area contributed by atoms with Crippen molar-refractivity contribution in [2.24, 2.45) is 0 Å². The highest BCUT2D eigenvalue weighted by Crippen LogP contribution is 2.30. The van der Waals surface area contributed by atoms with E-state index < -0.39 is 23.3 Å². The van der Waals surface area contributed by atoms with Gasteiger partial charge in [-0.1, -0.05) is 17.7 Å². The van der Waals surface area contributed by atoms with E-state index in [1.54, 1.807) is 28.7 Å². The number of halogens is 4. The number of rotatable bonds is 3. The van der Waals surface area contributed by atoms with Gasteiger partial charge in [0, 0.05) is 19.7 Å². The first-order chi connectivity index (χ1) is 9.95. The first kappa shape index (κ1) is 15.9. The highest BCUT2D eigenvalue weighted by molar-refractivity contribution is 14.1. The smallest absolute Gasteiger partial charge is 0.185 e. The summed E-state index contributed by atoms with van der Waals surface area (Å²) in [4.78, 5) is 12.4. The summed E-state index contributed by atoms with van der Waals surface area (Å²) in [5.74, 6) is -3.21. The summed E-state index contributed by atoms with van der Waals surface area (Å²) in [5.41, 5.74) is -0.00494. The van der Waals surface area contributed by atoms with Crippen molar-refractivity contribution in [2.45, 2.75) is 5.92 Å². The van der Waals surface area contributed by atoms with Gasteiger partial charge in [0.25, 0.3) is 0 Å². The Balaban J connectivity index is 2.52. The van der Waals surface area contributed by atoms with Crippen molar-refractivity contribution >= 4 is 40.0 Å². The van der Waals surface area contributed by atoms with Gasteiger partial charge in [-0.2, -0.15) is 5.26 Å². The molecular formula is C15H7ClF2INO. The molecule has 0 bridgehead atoms. The standard InChI is InChI=1S/C15H7ClF2INO/c16-11-2-1-3-12(18)14(11)10(7-20)15(21)9-5-4-8(17)6-13(9)19/h1-6,10H. The molecule has 2 nitrogen and oxygen atoms in total. The maximum atomic E-state index is 13.9. The Morgan fingerprint density at radius 2 is 2.00 bits per heavy atom. The van der Waals surface area contributed by atoms with Crippen molar-refractivity contribution in [1.29, 1.82) is 5.26 Å². The van der Waals surface area contributed by atoms with Gasteiger partial charge in [0.05, 0.1) is 6.07 Å². The highest BCUT2D eigenvalue weighted by atomic mass is 127. The monoisotopic (exact) mass is 417 g/mol. The van der Waals surface area contributed by atoms with Crippen LogP contribution < -0.4 is 0 Å². The molecule has 0 aliphatic carbocycles. The van der Waals surface area contributed by atoms with Crippen LogP contribution in [-0.4, -0.2) is 5.78 Å². The molecule has 0 aliphatic rings. The molecule has 0 saturated heterocycles. The molecular weight excluding hydrogens is 411 g/mol. The first-order valence-electron chi connectivity index (χ1n) is 5.78. The molecule has 106 valence electrons. The largest absolute Gasteiger partial charge is 0.292 e. The lowest BCUT2D eigenvalue weighted by molar-refractivity contribution is 0.0976. The third-order valence-corrected chi connectivity index (χ3v) is 4.10. The van der Waals surface area contributed by atoms with Gasteiger partial charge in [-0.25, -0.2) is 8.78 Å². The number of nitrogens with zero attached hydrogens (tertiary/aromatic N) is 1. The number of carbonyl (C=O) groups excluding carboxylic acids is 1. The molecule has 2 rings (SSSR count). The molecule has 6 heteroatoms. The number of carbonyl (C=O) groups is 1. The Morgan fingerprint density at radius 1 is 1.29 bits per heavy atom. The SMILES string of the molecule is N#CC(C(=O)c1ccc(F)cc1I)c1c(F)cccc1Cl. The van der Waals surface area contributed by atoms with E-state index in [9.17, 15) is 18.8 Å². The van der Waals surface area contributed by atoms with Crippen molar-refractivity contribution in [3.8, 4) is 6.07 Å². The second kappa shape index (κ2) is 6.50. The molecule has 0 spiro atoms. The van der Waals surface area contributed by atoms with Crippen LogP contribution in [0, 0.1) is 26.5 Å². The van der Waals surface area contributed by atoms with Gasteiger partial charge in [0.1, 0.15) is 17.6 Å². The second-order valence-corrected chi connectivity index (χ2v) is 5.76. The number of Topliss-reactive ketones (excluding diaryl/α,β-unsaturated/α-hetero) is 1. The van der Waals surface area contributed by atoms with Gasteiger partial charge in [-0.15, -0.1) is 0 Å². The van der Waals surface area contributed by atoms with Crippen LogP contribution in [0.5, 0.6) is 0 Å². The summed E-state index contributed by atoms with van der Waals surface area (Å²) in [5, 5.41) is 9.24. The molecule has 0 N–H and O–H groups in total. The van der Waals surface area contributed by atoms with E-state index in [1.807, 2.05) is 0 Å². The molecule has 21 heavy (non-hydrogen) atoms. The predicted octanol–water partition coefficient (Wildman–Crippen LogP) is 4.71. The normalized spacial score (nSPS) is 11.8. The fourth-order valence-corrected chi connectivity index (χ4v) is 2.90. The Hall–Kier alpha value is -1.52. The van der Waals surface area contributed by atoms with E-state index in [0.717, 1.165) is 12.1 Å². The maximum absolute atomic E-state index is 13.9. The van der Waals surface area contributed by atoms with Crippen LogP contribution in [0.1, 0.15) is 21.8 Å². The first-order valence-corrected chi connectivity index (χ1v) is 7.24. The van der Waals surface area contributed by atoms with Crippen LogP contribution in [0.15, 0.2) is 36.4 Å². The van der Waals surface area contributed by atoms with Gasteiger partial charge in [0.15, 0.2) is 5.78 Å². The molecule has 2 aromatic carbocycles. The average Bonchev–Trinajstić information content (AvgIpc) is 2.42. The molecule has 0 aromatic heterocycles. The zero-order valence-corrected chi connectivity index (χ0v) is 13.3. The second-order valence-electron chi connectivity index (χ2n) is 4.19. The maximum Gasteiger partial charge on any atom is 0.185 e. The third kappa shape index (κ3) is 3.22. The van der Waals surface area contributed by atoms with E-state index in [2.05, 4.69) is 0 Å². The molecule has 0 heterocycles. The minimum Gasteiger partial charge on any atom is -0.292 e. The van der Waals surface area contributed by atoms with Gasteiger partial charge in [0.2, 0.25) is 0 Å². The minimum absolute atomic E-state index is 0.00650. The third-order valence-electron chi connectivity index (χ3n) is 2.88. The highest BCUT2D eigenvalue weighted by Gasteiger charge is 2.28. The van der Waals surface area contributed by atoms with Crippen LogP contribution >= 0.6 is 34.2 Å². The van der Waals surface area contributed by atoms with Crippen LogP contribution in [0.4, 0.5) is 8.78 Å². The molecule has 0 saturated carbocycles. The van der Waals surface area contributed by atoms with Crippen LogP contribution in [0.2, 0.25) is 5.02 Å². The number of nitriles is 1. The fraction of sp³-hybridized carbons (Fsp3) is 0.0667.